The van der Waals surface area contributed by atoms with Gasteiger partial charge in [-0.15, -0.1) is 0 Å². The quantitative estimate of drug-likeness (QED) is 0.925. The predicted molar refractivity (Wildman–Crippen MR) is 91.3 cm³/mol. The van der Waals surface area contributed by atoms with Crippen LogP contribution in [0.1, 0.15) is 46.1 Å². The van der Waals surface area contributed by atoms with Crippen LogP contribution < -0.4 is 0 Å². The number of rotatable bonds is 3. The summed E-state index contributed by atoms with van der Waals surface area (Å²) in [6.07, 6.45) is 1.87. The SMILES string of the molecule is C[C@H](O)C1C[C@@H](Cc2ccccc2)CCN1C(=O)OC(C)(C)C. The summed E-state index contributed by atoms with van der Waals surface area (Å²) in [5.74, 6) is 0.482. The molecular weight excluding hydrogens is 290 g/mol. The Morgan fingerprint density at radius 1 is 1.35 bits per heavy atom. The van der Waals surface area contributed by atoms with Gasteiger partial charge in [-0.1, -0.05) is 30.3 Å². The molecule has 0 aliphatic carbocycles. The van der Waals surface area contributed by atoms with Crippen LogP contribution in [0, 0.1) is 5.92 Å². The minimum atomic E-state index is -0.555. The third-order valence-corrected chi connectivity index (χ3v) is 4.31. The van der Waals surface area contributed by atoms with E-state index in [0.29, 0.717) is 12.5 Å². The van der Waals surface area contributed by atoms with Gasteiger partial charge in [0.2, 0.25) is 0 Å². The van der Waals surface area contributed by atoms with E-state index in [1.54, 1.807) is 11.8 Å². The van der Waals surface area contributed by atoms with E-state index in [-0.39, 0.29) is 12.1 Å². The van der Waals surface area contributed by atoms with Crippen molar-refractivity contribution in [2.24, 2.45) is 5.92 Å². The van der Waals surface area contributed by atoms with E-state index in [4.69, 9.17) is 4.74 Å². The van der Waals surface area contributed by atoms with Gasteiger partial charge in [0.15, 0.2) is 0 Å². The van der Waals surface area contributed by atoms with Crippen LogP contribution in [0.25, 0.3) is 0 Å². The van der Waals surface area contributed by atoms with Gasteiger partial charge < -0.3 is 14.7 Å². The molecule has 1 N–H and O–H groups in total. The number of amides is 1. The lowest BCUT2D eigenvalue weighted by atomic mass is 9.84. The van der Waals surface area contributed by atoms with Crippen molar-refractivity contribution in [3.8, 4) is 0 Å². The van der Waals surface area contributed by atoms with Gasteiger partial charge in [-0.2, -0.15) is 0 Å². The molecule has 0 radical (unpaired) electrons. The Labute approximate surface area is 139 Å². The first kappa shape index (κ1) is 17.8. The van der Waals surface area contributed by atoms with E-state index in [0.717, 1.165) is 19.3 Å². The van der Waals surface area contributed by atoms with E-state index in [1.807, 2.05) is 26.8 Å². The zero-order chi connectivity index (χ0) is 17.0. The average Bonchev–Trinajstić information content (AvgIpc) is 2.46. The molecule has 1 saturated heterocycles. The van der Waals surface area contributed by atoms with Crippen LogP contribution >= 0.6 is 0 Å². The standard InChI is InChI=1S/C19H29NO3/c1-14(21)17-13-16(12-15-8-6-5-7-9-15)10-11-20(17)18(22)23-19(2,3)4/h5-9,14,16-17,21H,10-13H2,1-4H3/t14-,16+,17?/m0/s1. The molecule has 1 heterocycles. The summed E-state index contributed by atoms with van der Waals surface area (Å²) in [6.45, 7) is 7.99. The summed E-state index contributed by atoms with van der Waals surface area (Å²) >= 11 is 0. The molecule has 1 aromatic carbocycles. The smallest absolute Gasteiger partial charge is 0.410 e. The third-order valence-electron chi connectivity index (χ3n) is 4.31. The number of carbonyl (C=O) groups excluding carboxylic acids is 1. The largest absolute Gasteiger partial charge is 0.444 e. The normalized spacial score (nSPS) is 23.4. The second-order valence-electron chi connectivity index (χ2n) is 7.56. The first-order chi connectivity index (χ1) is 10.8. The molecule has 128 valence electrons. The number of hydrogen-bond acceptors (Lipinski definition) is 3. The maximum atomic E-state index is 12.4. The fourth-order valence-electron chi connectivity index (χ4n) is 3.21. The van der Waals surface area contributed by atoms with Gasteiger partial charge in [0.25, 0.3) is 0 Å². The molecule has 4 heteroatoms. The average molecular weight is 319 g/mol. The topological polar surface area (TPSA) is 49.8 Å². The van der Waals surface area contributed by atoms with Gasteiger partial charge in [0, 0.05) is 6.54 Å². The van der Waals surface area contributed by atoms with Crippen LogP contribution in [0.3, 0.4) is 0 Å². The minimum absolute atomic E-state index is 0.174. The van der Waals surface area contributed by atoms with Crippen LogP contribution in [-0.4, -0.2) is 40.4 Å². The van der Waals surface area contributed by atoms with E-state index in [9.17, 15) is 9.90 Å². The van der Waals surface area contributed by atoms with Gasteiger partial charge in [-0.05, 0) is 58.4 Å². The van der Waals surface area contributed by atoms with Crippen molar-refractivity contribution in [2.75, 3.05) is 6.54 Å². The fourth-order valence-corrected chi connectivity index (χ4v) is 3.21. The Bertz CT molecular complexity index is 507. The molecule has 1 aliphatic rings. The predicted octanol–water partition coefficient (Wildman–Crippen LogP) is 3.63. The summed E-state index contributed by atoms with van der Waals surface area (Å²) in [4.78, 5) is 14.1. The number of nitrogens with zero attached hydrogens (tertiary/aromatic N) is 1. The zero-order valence-corrected chi connectivity index (χ0v) is 14.7. The number of benzene rings is 1. The number of piperidine rings is 1. The number of carbonyl (C=O) groups is 1. The first-order valence-electron chi connectivity index (χ1n) is 8.48. The monoisotopic (exact) mass is 319 g/mol. The summed E-state index contributed by atoms with van der Waals surface area (Å²) in [5.41, 5.74) is 0.800. The number of ether oxygens (including phenoxy) is 1. The molecule has 1 fully saturated rings. The lowest BCUT2D eigenvalue weighted by Gasteiger charge is -2.41. The van der Waals surface area contributed by atoms with E-state index < -0.39 is 11.7 Å². The second-order valence-corrected chi connectivity index (χ2v) is 7.56. The van der Waals surface area contributed by atoms with Crippen molar-refractivity contribution in [2.45, 2.75) is 64.7 Å². The van der Waals surface area contributed by atoms with Crippen LogP contribution in [0.4, 0.5) is 4.79 Å². The van der Waals surface area contributed by atoms with Gasteiger partial charge in [-0.25, -0.2) is 4.79 Å². The molecule has 3 atom stereocenters. The molecule has 0 aromatic heterocycles. The molecule has 1 amide bonds. The van der Waals surface area contributed by atoms with Gasteiger partial charge in [-0.3, -0.25) is 0 Å². The molecule has 1 aliphatic heterocycles. The highest BCUT2D eigenvalue weighted by Gasteiger charge is 2.36. The molecule has 23 heavy (non-hydrogen) atoms. The van der Waals surface area contributed by atoms with Gasteiger partial charge >= 0.3 is 6.09 Å². The fraction of sp³-hybridized carbons (Fsp3) is 0.632. The Morgan fingerprint density at radius 2 is 2.00 bits per heavy atom. The Morgan fingerprint density at radius 3 is 2.57 bits per heavy atom. The second kappa shape index (κ2) is 7.35. The zero-order valence-electron chi connectivity index (χ0n) is 14.7. The Balaban J connectivity index is 2.01. The van der Waals surface area contributed by atoms with Crippen molar-refractivity contribution >= 4 is 6.09 Å². The number of hydrogen-bond donors (Lipinski definition) is 1. The summed E-state index contributed by atoms with van der Waals surface area (Å²) in [6, 6.07) is 10.2. The lowest BCUT2D eigenvalue weighted by Crippen LogP contribution is -2.52. The molecule has 0 spiro atoms. The molecule has 1 aromatic rings. The van der Waals surface area contributed by atoms with Crippen LogP contribution in [0.15, 0.2) is 30.3 Å². The number of likely N-dealkylation sites (tertiary alicyclic amines) is 1. The van der Waals surface area contributed by atoms with Crippen LogP contribution in [0.2, 0.25) is 0 Å². The van der Waals surface area contributed by atoms with Crippen molar-refractivity contribution in [1.29, 1.82) is 0 Å². The summed E-state index contributed by atoms with van der Waals surface area (Å²) in [5, 5.41) is 10.1. The molecule has 1 unspecified atom stereocenters. The summed E-state index contributed by atoms with van der Waals surface area (Å²) in [7, 11) is 0. The van der Waals surface area contributed by atoms with Crippen molar-refractivity contribution in [3.05, 3.63) is 35.9 Å². The third kappa shape index (κ3) is 5.24. The van der Waals surface area contributed by atoms with Gasteiger partial charge in [0.05, 0.1) is 12.1 Å². The highest BCUT2D eigenvalue weighted by atomic mass is 16.6. The molecule has 0 saturated carbocycles. The summed E-state index contributed by atoms with van der Waals surface area (Å²) < 4.78 is 5.49. The molecule has 2 rings (SSSR count). The highest BCUT2D eigenvalue weighted by Crippen LogP contribution is 2.29. The highest BCUT2D eigenvalue weighted by molar-refractivity contribution is 5.68. The van der Waals surface area contributed by atoms with Crippen molar-refractivity contribution in [1.82, 2.24) is 4.90 Å². The molecule has 4 nitrogen and oxygen atoms in total. The maximum Gasteiger partial charge on any atom is 0.410 e. The minimum Gasteiger partial charge on any atom is -0.444 e. The van der Waals surface area contributed by atoms with E-state index in [1.165, 1.54) is 5.56 Å². The number of aliphatic hydroxyl groups excluding tert-OH is 1. The Hall–Kier alpha value is -1.55. The van der Waals surface area contributed by atoms with Crippen LogP contribution in [0.5, 0.6) is 0 Å². The van der Waals surface area contributed by atoms with Gasteiger partial charge in [0.1, 0.15) is 5.60 Å². The van der Waals surface area contributed by atoms with Crippen molar-refractivity contribution < 1.29 is 14.6 Å². The van der Waals surface area contributed by atoms with E-state index >= 15 is 0 Å². The Kier molecular flexibility index (Phi) is 5.69. The molecular formula is C19H29NO3. The lowest BCUT2D eigenvalue weighted by molar-refractivity contribution is -0.0205. The maximum absolute atomic E-state index is 12.4. The van der Waals surface area contributed by atoms with E-state index in [2.05, 4.69) is 24.3 Å². The van der Waals surface area contributed by atoms with Crippen molar-refractivity contribution in [3.63, 3.8) is 0 Å². The number of aliphatic hydroxyl groups is 1. The van der Waals surface area contributed by atoms with Crippen LogP contribution in [-0.2, 0) is 11.2 Å². The molecule has 0 bridgehead atoms. The first-order valence-corrected chi connectivity index (χ1v) is 8.48.